The third kappa shape index (κ3) is 4.96. The van der Waals surface area contributed by atoms with E-state index in [1.807, 2.05) is 61.7 Å². The Bertz CT molecular complexity index is 979. The van der Waals surface area contributed by atoms with E-state index in [9.17, 15) is 9.59 Å². The Morgan fingerprint density at radius 1 is 0.964 bits per heavy atom. The van der Waals surface area contributed by atoms with Crippen molar-refractivity contribution in [3.05, 3.63) is 99.4 Å². The maximum atomic E-state index is 12.9. The van der Waals surface area contributed by atoms with E-state index in [0.717, 1.165) is 16.0 Å². The van der Waals surface area contributed by atoms with Crippen LogP contribution in [0.2, 0.25) is 0 Å². The van der Waals surface area contributed by atoms with Crippen LogP contribution in [0.4, 0.5) is 0 Å². The van der Waals surface area contributed by atoms with Crippen molar-refractivity contribution in [3.8, 4) is 0 Å². The van der Waals surface area contributed by atoms with Gasteiger partial charge in [-0.05, 0) is 54.6 Å². The van der Waals surface area contributed by atoms with Crippen LogP contribution in [0.15, 0.2) is 77.8 Å². The molecular weight excluding hydrogens is 368 g/mol. The van der Waals surface area contributed by atoms with Gasteiger partial charge in [-0.15, -0.1) is 11.3 Å². The predicted molar refractivity (Wildman–Crippen MR) is 114 cm³/mol. The summed E-state index contributed by atoms with van der Waals surface area (Å²) in [4.78, 5) is 26.4. The number of benzene rings is 2. The smallest absolute Gasteiger partial charge is 0.268 e. The van der Waals surface area contributed by atoms with E-state index in [1.165, 1.54) is 11.3 Å². The summed E-state index contributed by atoms with van der Waals surface area (Å²) in [6.45, 7) is 3.94. The zero-order chi connectivity index (χ0) is 19.9. The minimum absolute atomic E-state index is 0.186. The molecule has 0 saturated heterocycles. The fraction of sp³-hybridized carbons (Fsp3) is 0.130. The van der Waals surface area contributed by atoms with Gasteiger partial charge in [-0.2, -0.15) is 0 Å². The fourth-order valence-electron chi connectivity index (χ4n) is 2.88. The standard InChI is InChI=1S/C23H22N2O2S/c1-16-9-6-7-13-20(16)17(2)24-23(27)21(15-19-12-8-14-28-19)25-22(26)18-10-4-3-5-11-18/h3-15,17H,1-2H3,(H,24,27)(H,25,26)/b21-15-. The number of nitrogens with one attached hydrogen (secondary N) is 2. The van der Waals surface area contributed by atoms with Crippen LogP contribution in [-0.2, 0) is 4.79 Å². The molecule has 1 aromatic heterocycles. The van der Waals surface area contributed by atoms with Gasteiger partial charge in [0, 0.05) is 10.4 Å². The van der Waals surface area contributed by atoms with Crippen molar-refractivity contribution in [2.45, 2.75) is 19.9 Å². The molecule has 1 heterocycles. The Labute approximate surface area is 168 Å². The molecule has 142 valence electrons. The molecule has 3 rings (SSSR count). The molecule has 0 aliphatic rings. The number of hydrogen-bond acceptors (Lipinski definition) is 3. The topological polar surface area (TPSA) is 58.2 Å². The van der Waals surface area contributed by atoms with E-state index in [4.69, 9.17) is 0 Å². The van der Waals surface area contributed by atoms with Gasteiger partial charge in [-0.1, -0.05) is 48.5 Å². The lowest BCUT2D eigenvalue weighted by molar-refractivity contribution is -0.118. The van der Waals surface area contributed by atoms with E-state index < -0.39 is 0 Å². The molecule has 4 nitrogen and oxygen atoms in total. The van der Waals surface area contributed by atoms with Gasteiger partial charge in [0.1, 0.15) is 5.70 Å². The summed E-state index contributed by atoms with van der Waals surface area (Å²) >= 11 is 1.50. The first kappa shape index (κ1) is 19.6. The fourth-order valence-corrected chi connectivity index (χ4v) is 3.54. The molecule has 1 atom stereocenters. The second kappa shape index (κ2) is 9.15. The minimum Gasteiger partial charge on any atom is -0.344 e. The van der Waals surface area contributed by atoms with E-state index in [-0.39, 0.29) is 23.6 Å². The molecule has 0 bridgehead atoms. The predicted octanol–water partition coefficient (Wildman–Crippen LogP) is 4.70. The molecule has 0 aliphatic heterocycles. The highest BCUT2D eigenvalue weighted by atomic mass is 32.1. The van der Waals surface area contributed by atoms with Crippen LogP contribution in [0.5, 0.6) is 0 Å². The Hall–Kier alpha value is -3.18. The lowest BCUT2D eigenvalue weighted by Crippen LogP contribution is -2.36. The normalized spacial score (nSPS) is 12.3. The number of thiophene rings is 1. The first-order valence-corrected chi connectivity index (χ1v) is 9.90. The summed E-state index contributed by atoms with van der Waals surface area (Å²) in [6, 6.07) is 20.4. The van der Waals surface area contributed by atoms with Crippen molar-refractivity contribution in [3.63, 3.8) is 0 Å². The Morgan fingerprint density at radius 2 is 1.68 bits per heavy atom. The van der Waals surface area contributed by atoms with Gasteiger partial charge in [0.15, 0.2) is 0 Å². The molecule has 2 amide bonds. The zero-order valence-electron chi connectivity index (χ0n) is 15.8. The number of carbonyl (C=O) groups excluding carboxylic acids is 2. The van der Waals surface area contributed by atoms with Crippen LogP contribution in [-0.4, -0.2) is 11.8 Å². The number of rotatable bonds is 6. The molecule has 2 aromatic carbocycles. The number of hydrogen-bond donors (Lipinski definition) is 2. The van der Waals surface area contributed by atoms with E-state index in [0.29, 0.717) is 5.56 Å². The summed E-state index contributed by atoms with van der Waals surface area (Å²) in [5.41, 5.74) is 2.86. The maximum absolute atomic E-state index is 12.9. The molecule has 0 aliphatic carbocycles. The second-order valence-corrected chi connectivity index (χ2v) is 7.42. The Balaban J connectivity index is 1.81. The average Bonchev–Trinajstić information content (AvgIpc) is 3.21. The first-order chi connectivity index (χ1) is 13.5. The van der Waals surface area contributed by atoms with Gasteiger partial charge in [0.05, 0.1) is 6.04 Å². The van der Waals surface area contributed by atoms with Gasteiger partial charge in [-0.25, -0.2) is 0 Å². The SMILES string of the molecule is Cc1ccccc1C(C)NC(=O)/C(=C/c1cccs1)NC(=O)c1ccccc1. The summed E-state index contributed by atoms with van der Waals surface area (Å²) in [5, 5.41) is 7.68. The quantitative estimate of drug-likeness (QED) is 0.599. The Kier molecular flexibility index (Phi) is 6.40. The average molecular weight is 391 g/mol. The largest absolute Gasteiger partial charge is 0.344 e. The highest BCUT2D eigenvalue weighted by molar-refractivity contribution is 7.10. The van der Waals surface area contributed by atoms with Crippen LogP contribution in [0, 0.1) is 6.92 Å². The van der Waals surface area contributed by atoms with Crippen molar-refractivity contribution in [1.82, 2.24) is 10.6 Å². The second-order valence-electron chi connectivity index (χ2n) is 6.45. The number of aryl methyl sites for hydroxylation is 1. The molecule has 0 fully saturated rings. The summed E-state index contributed by atoms with van der Waals surface area (Å²) in [6.07, 6.45) is 1.70. The third-order valence-electron chi connectivity index (χ3n) is 4.36. The Morgan fingerprint density at radius 3 is 2.36 bits per heavy atom. The lowest BCUT2D eigenvalue weighted by atomic mass is 10.0. The van der Waals surface area contributed by atoms with Crippen molar-refractivity contribution in [2.24, 2.45) is 0 Å². The zero-order valence-corrected chi connectivity index (χ0v) is 16.6. The highest BCUT2D eigenvalue weighted by Crippen LogP contribution is 2.18. The molecule has 1 unspecified atom stereocenters. The summed E-state index contributed by atoms with van der Waals surface area (Å²) in [5.74, 6) is -0.643. The summed E-state index contributed by atoms with van der Waals surface area (Å²) < 4.78 is 0. The van der Waals surface area contributed by atoms with Gasteiger partial charge < -0.3 is 10.6 Å². The van der Waals surface area contributed by atoms with Crippen LogP contribution < -0.4 is 10.6 Å². The van der Waals surface area contributed by atoms with Crippen LogP contribution in [0.25, 0.3) is 6.08 Å². The molecule has 0 saturated carbocycles. The first-order valence-electron chi connectivity index (χ1n) is 9.02. The van der Waals surface area contributed by atoms with Crippen molar-refractivity contribution >= 4 is 29.2 Å². The molecule has 0 radical (unpaired) electrons. The monoisotopic (exact) mass is 390 g/mol. The van der Waals surface area contributed by atoms with Crippen LogP contribution in [0.3, 0.4) is 0 Å². The molecule has 0 spiro atoms. The summed E-state index contributed by atoms with van der Waals surface area (Å²) in [7, 11) is 0. The maximum Gasteiger partial charge on any atom is 0.268 e. The van der Waals surface area contributed by atoms with E-state index in [1.54, 1.807) is 30.3 Å². The van der Waals surface area contributed by atoms with E-state index in [2.05, 4.69) is 10.6 Å². The van der Waals surface area contributed by atoms with Gasteiger partial charge in [0.25, 0.3) is 11.8 Å². The molecular formula is C23H22N2O2S. The third-order valence-corrected chi connectivity index (χ3v) is 5.18. The lowest BCUT2D eigenvalue weighted by Gasteiger charge is -2.18. The molecule has 3 aromatic rings. The molecule has 28 heavy (non-hydrogen) atoms. The number of amides is 2. The van der Waals surface area contributed by atoms with Crippen molar-refractivity contribution in [2.75, 3.05) is 0 Å². The van der Waals surface area contributed by atoms with E-state index >= 15 is 0 Å². The van der Waals surface area contributed by atoms with Crippen LogP contribution in [0.1, 0.15) is 39.3 Å². The molecule has 2 N–H and O–H groups in total. The molecule has 5 heteroatoms. The van der Waals surface area contributed by atoms with Crippen molar-refractivity contribution < 1.29 is 9.59 Å². The van der Waals surface area contributed by atoms with Gasteiger partial charge in [-0.3, -0.25) is 9.59 Å². The highest BCUT2D eigenvalue weighted by Gasteiger charge is 2.18. The van der Waals surface area contributed by atoms with Crippen LogP contribution >= 0.6 is 11.3 Å². The number of carbonyl (C=O) groups is 2. The minimum atomic E-state index is -0.326. The van der Waals surface area contributed by atoms with Gasteiger partial charge >= 0.3 is 0 Å². The van der Waals surface area contributed by atoms with Crippen molar-refractivity contribution in [1.29, 1.82) is 0 Å². The van der Waals surface area contributed by atoms with Gasteiger partial charge in [0.2, 0.25) is 0 Å².